The van der Waals surface area contributed by atoms with Crippen molar-refractivity contribution in [1.82, 2.24) is 0 Å². The summed E-state index contributed by atoms with van der Waals surface area (Å²) in [5, 5.41) is 8.86. The molecule has 0 spiro atoms. The Morgan fingerprint density at radius 1 is 1.38 bits per heavy atom. The molecule has 0 bridgehead atoms. The summed E-state index contributed by atoms with van der Waals surface area (Å²) in [7, 11) is 0. The monoisotopic (exact) mass is 232 g/mol. The van der Waals surface area contributed by atoms with Gasteiger partial charge in [0.05, 0.1) is 5.69 Å². The van der Waals surface area contributed by atoms with E-state index < -0.39 is 0 Å². The van der Waals surface area contributed by atoms with E-state index in [2.05, 4.69) is 0 Å². The van der Waals surface area contributed by atoms with Crippen LogP contribution in [0.2, 0.25) is 0 Å². The number of anilines is 1. The highest BCUT2D eigenvalue weighted by Gasteiger charge is 2.16. The molecule has 0 radical (unpaired) electrons. The Morgan fingerprint density at radius 3 is 2.62 bits per heavy atom. The largest absolute Gasteiger partial charge is 0.396 e. The van der Waals surface area contributed by atoms with Crippen molar-refractivity contribution in [2.75, 3.05) is 5.73 Å². The van der Waals surface area contributed by atoms with Crippen LogP contribution in [-0.2, 0) is 0 Å². The van der Waals surface area contributed by atoms with Gasteiger partial charge in [-0.05, 0) is 13.0 Å². The Labute approximate surface area is 96.8 Å². The van der Waals surface area contributed by atoms with Crippen molar-refractivity contribution >= 4 is 17.0 Å². The third kappa shape index (κ3) is 1.55. The maximum Gasteiger partial charge on any atom is 0.131 e. The van der Waals surface area contributed by atoms with E-state index in [1.165, 1.54) is 17.4 Å². The third-order valence-corrected chi connectivity index (χ3v) is 3.39. The highest BCUT2D eigenvalue weighted by Crippen LogP contribution is 2.38. The summed E-state index contributed by atoms with van der Waals surface area (Å²) in [4.78, 5) is 1.30. The second-order valence-electron chi connectivity index (χ2n) is 3.37. The van der Waals surface area contributed by atoms with Gasteiger partial charge in [0.2, 0.25) is 0 Å². The molecule has 0 unspecified atom stereocenters. The van der Waals surface area contributed by atoms with Crippen molar-refractivity contribution in [3.05, 3.63) is 39.8 Å². The number of hydrogen-bond acceptors (Lipinski definition) is 3. The fraction of sp³-hybridized carbons (Fsp3) is 0.0833. The molecule has 80 valence electrons. The van der Waals surface area contributed by atoms with Gasteiger partial charge in [-0.2, -0.15) is 5.26 Å². The normalized spacial score (nSPS) is 10.1. The van der Waals surface area contributed by atoms with Crippen LogP contribution in [-0.4, -0.2) is 0 Å². The van der Waals surface area contributed by atoms with Gasteiger partial charge < -0.3 is 5.73 Å². The van der Waals surface area contributed by atoms with Crippen LogP contribution in [0, 0.1) is 24.1 Å². The average Bonchev–Trinajstić information content (AvgIpc) is 2.55. The van der Waals surface area contributed by atoms with Crippen LogP contribution in [0.25, 0.3) is 11.1 Å². The number of nitrogens with zero attached hydrogens (tertiary/aromatic N) is 1. The minimum Gasteiger partial charge on any atom is -0.396 e. The van der Waals surface area contributed by atoms with Crippen LogP contribution in [0.3, 0.4) is 0 Å². The van der Waals surface area contributed by atoms with Gasteiger partial charge in [-0.15, -0.1) is 11.3 Å². The van der Waals surface area contributed by atoms with Crippen molar-refractivity contribution < 1.29 is 4.39 Å². The molecule has 16 heavy (non-hydrogen) atoms. The molecule has 4 heteroatoms. The van der Waals surface area contributed by atoms with Crippen molar-refractivity contribution in [3.63, 3.8) is 0 Å². The highest BCUT2D eigenvalue weighted by atomic mass is 32.1. The summed E-state index contributed by atoms with van der Waals surface area (Å²) in [6.07, 6.45) is 0. The molecule has 0 aliphatic rings. The first-order chi connectivity index (χ1) is 7.65. The van der Waals surface area contributed by atoms with Crippen molar-refractivity contribution in [2.24, 2.45) is 0 Å². The smallest absolute Gasteiger partial charge is 0.131 e. The van der Waals surface area contributed by atoms with Crippen LogP contribution in [0.5, 0.6) is 0 Å². The van der Waals surface area contributed by atoms with E-state index in [-0.39, 0.29) is 5.82 Å². The molecule has 1 aromatic carbocycles. The molecule has 0 aliphatic heterocycles. The van der Waals surface area contributed by atoms with Gasteiger partial charge in [0.15, 0.2) is 0 Å². The van der Waals surface area contributed by atoms with E-state index in [1.54, 1.807) is 18.2 Å². The number of thiophene rings is 1. The molecule has 1 aromatic heterocycles. The Balaban J connectivity index is 2.71. The summed E-state index contributed by atoms with van der Waals surface area (Å²) in [5.41, 5.74) is 7.30. The molecule has 2 rings (SSSR count). The lowest BCUT2D eigenvalue weighted by molar-refractivity contribution is 0.631. The van der Waals surface area contributed by atoms with E-state index in [4.69, 9.17) is 11.0 Å². The lowest BCUT2D eigenvalue weighted by atomic mass is 10.0. The molecular formula is C12H9FN2S. The van der Waals surface area contributed by atoms with Gasteiger partial charge in [0, 0.05) is 16.0 Å². The number of nitrogen functional groups attached to an aromatic ring is 1. The lowest BCUT2D eigenvalue weighted by Gasteiger charge is -2.03. The first kappa shape index (κ1) is 10.7. The zero-order valence-electron chi connectivity index (χ0n) is 8.62. The van der Waals surface area contributed by atoms with Crippen molar-refractivity contribution in [2.45, 2.75) is 6.92 Å². The van der Waals surface area contributed by atoms with Crippen LogP contribution in [0.15, 0.2) is 24.3 Å². The number of nitriles is 1. The summed E-state index contributed by atoms with van der Waals surface area (Å²) >= 11 is 1.29. The molecule has 0 saturated carbocycles. The SMILES string of the molecule is Cc1sc(C#N)c(N)c1-c1ccccc1F. The number of hydrogen-bond donors (Lipinski definition) is 1. The summed E-state index contributed by atoms with van der Waals surface area (Å²) in [6, 6.07) is 8.45. The zero-order valence-corrected chi connectivity index (χ0v) is 9.44. The number of halogens is 1. The molecular weight excluding hydrogens is 223 g/mol. The van der Waals surface area contributed by atoms with E-state index in [1.807, 2.05) is 13.0 Å². The van der Waals surface area contributed by atoms with E-state index >= 15 is 0 Å². The maximum atomic E-state index is 13.6. The predicted octanol–water partition coefficient (Wildman–Crippen LogP) is 3.32. The van der Waals surface area contributed by atoms with Crippen LogP contribution in [0.4, 0.5) is 10.1 Å². The molecule has 2 N–H and O–H groups in total. The van der Waals surface area contributed by atoms with Crippen LogP contribution < -0.4 is 5.73 Å². The molecule has 2 aromatic rings. The number of benzene rings is 1. The van der Waals surface area contributed by atoms with Gasteiger partial charge in [-0.25, -0.2) is 4.39 Å². The highest BCUT2D eigenvalue weighted by molar-refractivity contribution is 7.13. The summed E-state index contributed by atoms with van der Waals surface area (Å²) < 4.78 is 13.6. The van der Waals surface area contributed by atoms with Gasteiger partial charge in [0.25, 0.3) is 0 Å². The Kier molecular flexibility index (Phi) is 2.63. The van der Waals surface area contributed by atoms with Crippen LogP contribution in [0.1, 0.15) is 9.75 Å². The third-order valence-electron chi connectivity index (χ3n) is 2.37. The number of rotatable bonds is 1. The second-order valence-corrected chi connectivity index (χ2v) is 4.59. The molecule has 2 nitrogen and oxygen atoms in total. The fourth-order valence-electron chi connectivity index (χ4n) is 1.64. The summed E-state index contributed by atoms with van der Waals surface area (Å²) in [6.45, 7) is 1.84. The first-order valence-corrected chi connectivity index (χ1v) is 5.50. The predicted molar refractivity (Wildman–Crippen MR) is 63.6 cm³/mol. The molecule has 0 saturated heterocycles. The zero-order chi connectivity index (χ0) is 11.7. The average molecular weight is 232 g/mol. The Bertz CT molecular complexity index is 581. The minimum absolute atomic E-state index is 0.320. The Morgan fingerprint density at radius 2 is 2.06 bits per heavy atom. The first-order valence-electron chi connectivity index (χ1n) is 4.69. The molecule has 1 heterocycles. The molecule has 0 atom stereocenters. The van der Waals surface area contributed by atoms with Crippen molar-refractivity contribution in [1.29, 1.82) is 5.26 Å². The minimum atomic E-state index is -0.320. The van der Waals surface area contributed by atoms with E-state index in [9.17, 15) is 4.39 Å². The maximum absolute atomic E-state index is 13.6. The molecule has 0 fully saturated rings. The van der Waals surface area contributed by atoms with E-state index in [0.717, 1.165) is 4.88 Å². The number of nitrogens with two attached hydrogens (primary N) is 1. The second kappa shape index (κ2) is 3.95. The number of aryl methyl sites for hydroxylation is 1. The summed E-state index contributed by atoms with van der Waals surface area (Å²) in [5.74, 6) is -0.320. The van der Waals surface area contributed by atoms with Gasteiger partial charge in [0.1, 0.15) is 16.8 Å². The van der Waals surface area contributed by atoms with Gasteiger partial charge >= 0.3 is 0 Å². The van der Waals surface area contributed by atoms with Crippen LogP contribution >= 0.6 is 11.3 Å². The topological polar surface area (TPSA) is 49.8 Å². The van der Waals surface area contributed by atoms with Crippen molar-refractivity contribution in [3.8, 4) is 17.2 Å². The van der Waals surface area contributed by atoms with E-state index in [0.29, 0.717) is 21.7 Å². The lowest BCUT2D eigenvalue weighted by Crippen LogP contribution is -1.91. The fourth-order valence-corrected chi connectivity index (χ4v) is 2.53. The standard InChI is InChI=1S/C12H9FN2S/c1-7-11(12(15)10(6-14)16-7)8-4-2-3-5-9(8)13/h2-5H,15H2,1H3. The quantitative estimate of drug-likeness (QED) is 0.820. The van der Waals surface area contributed by atoms with Gasteiger partial charge in [-0.3, -0.25) is 0 Å². The Hall–Kier alpha value is -1.86. The molecule has 0 amide bonds. The molecule has 0 aliphatic carbocycles. The van der Waals surface area contributed by atoms with Gasteiger partial charge in [-0.1, -0.05) is 18.2 Å².